The van der Waals surface area contributed by atoms with Crippen molar-refractivity contribution in [3.05, 3.63) is 0 Å². The predicted molar refractivity (Wildman–Crippen MR) is 76.4 cm³/mol. The van der Waals surface area contributed by atoms with E-state index in [1.54, 1.807) is 7.11 Å². The Bertz CT molecular complexity index is 178. The summed E-state index contributed by atoms with van der Waals surface area (Å²) in [5, 5.41) is 3.66. The smallest absolute Gasteiger partial charge is 0.0618 e. The van der Waals surface area contributed by atoms with Crippen LogP contribution in [0.3, 0.4) is 0 Å². The van der Waals surface area contributed by atoms with Crippen LogP contribution < -0.4 is 5.32 Å². The van der Waals surface area contributed by atoms with Gasteiger partial charge in [-0.3, -0.25) is 0 Å². The van der Waals surface area contributed by atoms with E-state index in [2.05, 4.69) is 39.9 Å². The molecule has 0 rings (SSSR count). The number of nitrogens with one attached hydrogen (secondary N) is 1. The molecule has 1 atom stereocenters. The molecule has 0 amide bonds. The van der Waals surface area contributed by atoms with Crippen LogP contribution in [0.25, 0.3) is 0 Å². The molecule has 0 aliphatic carbocycles. The van der Waals surface area contributed by atoms with Gasteiger partial charge in [-0.05, 0) is 17.8 Å². The van der Waals surface area contributed by atoms with Gasteiger partial charge in [-0.2, -0.15) is 0 Å². The minimum Gasteiger partial charge on any atom is -0.383 e. The Labute approximate surface area is 109 Å². The van der Waals surface area contributed by atoms with Gasteiger partial charge in [-0.1, -0.05) is 53.9 Å². The van der Waals surface area contributed by atoms with Crippen LogP contribution in [-0.2, 0) is 4.74 Å². The molecule has 0 aromatic carbocycles. The van der Waals surface area contributed by atoms with Crippen molar-refractivity contribution in [2.45, 2.75) is 66.3 Å². The van der Waals surface area contributed by atoms with E-state index < -0.39 is 0 Å². The fraction of sp³-hybridized carbons (Fsp3) is 1.00. The Balaban J connectivity index is 3.95. The lowest BCUT2D eigenvalue weighted by Gasteiger charge is -2.30. The van der Waals surface area contributed by atoms with Gasteiger partial charge in [-0.15, -0.1) is 0 Å². The van der Waals surface area contributed by atoms with E-state index in [-0.39, 0.29) is 0 Å². The number of rotatable bonds is 10. The number of hydrogen-bond acceptors (Lipinski definition) is 2. The number of unbranched alkanes of at least 4 members (excludes halogenated alkanes) is 2. The molecule has 2 heteroatoms. The summed E-state index contributed by atoms with van der Waals surface area (Å²) in [6, 6.07) is 0.477. The van der Waals surface area contributed by atoms with E-state index in [4.69, 9.17) is 4.74 Å². The average Bonchev–Trinajstić information content (AvgIpc) is 2.24. The molecular formula is C15H33NO. The standard InChI is InChI=1S/C15H33NO/c1-7-8-9-10-15(4,5)12-16-14(11-17-6)13(2)3/h13-14,16H,7-12H2,1-6H3. The second-order valence-electron chi connectivity index (χ2n) is 6.31. The molecule has 0 aliphatic rings. The van der Waals surface area contributed by atoms with E-state index >= 15 is 0 Å². The molecule has 0 bridgehead atoms. The first-order chi connectivity index (χ1) is 7.93. The number of methoxy groups -OCH3 is 1. The Morgan fingerprint density at radius 2 is 1.82 bits per heavy atom. The van der Waals surface area contributed by atoms with Crippen LogP contribution in [0.5, 0.6) is 0 Å². The van der Waals surface area contributed by atoms with Crippen LogP contribution >= 0.6 is 0 Å². The SMILES string of the molecule is CCCCCC(C)(C)CNC(COC)C(C)C. The first kappa shape index (κ1) is 16.9. The number of ether oxygens (including phenoxy) is 1. The average molecular weight is 243 g/mol. The normalized spacial score (nSPS) is 14.3. The molecule has 17 heavy (non-hydrogen) atoms. The van der Waals surface area contributed by atoms with Crippen molar-refractivity contribution < 1.29 is 4.74 Å². The summed E-state index contributed by atoms with van der Waals surface area (Å²) in [5.41, 5.74) is 0.399. The first-order valence-electron chi connectivity index (χ1n) is 7.15. The minimum atomic E-state index is 0.399. The van der Waals surface area contributed by atoms with Crippen LogP contribution in [0.1, 0.15) is 60.3 Å². The monoisotopic (exact) mass is 243 g/mol. The lowest BCUT2D eigenvalue weighted by molar-refractivity contribution is 0.138. The van der Waals surface area contributed by atoms with Crippen LogP contribution in [0.4, 0.5) is 0 Å². The van der Waals surface area contributed by atoms with Gasteiger partial charge in [0.05, 0.1) is 6.61 Å². The van der Waals surface area contributed by atoms with Gasteiger partial charge in [0.25, 0.3) is 0 Å². The molecule has 0 saturated carbocycles. The molecule has 2 nitrogen and oxygen atoms in total. The summed E-state index contributed by atoms with van der Waals surface area (Å²) in [4.78, 5) is 0. The molecule has 0 fully saturated rings. The Kier molecular flexibility index (Phi) is 8.89. The van der Waals surface area contributed by atoms with Crippen molar-refractivity contribution in [1.29, 1.82) is 0 Å². The third-order valence-electron chi connectivity index (χ3n) is 3.45. The largest absolute Gasteiger partial charge is 0.383 e. The third-order valence-corrected chi connectivity index (χ3v) is 3.45. The van der Waals surface area contributed by atoms with E-state index in [9.17, 15) is 0 Å². The van der Waals surface area contributed by atoms with Gasteiger partial charge >= 0.3 is 0 Å². The fourth-order valence-electron chi connectivity index (χ4n) is 2.02. The van der Waals surface area contributed by atoms with Crippen LogP contribution in [-0.4, -0.2) is 26.3 Å². The first-order valence-corrected chi connectivity index (χ1v) is 7.15. The highest BCUT2D eigenvalue weighted by atomic mass is 16.5. The molecule has 0 radical (unpaired) electrons. The zero-order valence-corrected chi connectivity index (χ0v) is 12.8. The van der Waals surface area contributed by atoms with Crippen LogP contribution in [0.2, 0.25) is 0 Å². The zero-order valence-electron chi connectivity index (χ0n) is 12.8. The molecule has 0 aromatic heterocycles. The summed E-state index contributed by atoms with van der Waals surface area (Å²) < 4.78 is 5.27. The van der Waals surface area contributed by atoms with Gasteiger partial charge in [0.15, 0.2) is 0 Å². The lowest BCUT2D eigenvalue weighted by atomic mass is 9.86. The van der Waals surface area contributed by atoms with Crippen molar-refractivity contribution in [1.82, 2.24) is 5.32 Å². The Morgan fingerprint density at radius 3 is 2.29 bits per heavy atom. The molecule has 0 heterocycles. The molecule has 0 saturated heterocycles. The molecule has 0 aromatic rings. The Hall–Kier alpha value is -0.0800. The van der Waals surface area contributed by atoms with Crippen LogP contribution in [0.15, 0.2) is 0 Å². The van der Waals surface area contributed by atoms with Gasteiger partial charge in [-0.25, -0.2) is 0 Å². The van der Waals surface area contributed by atoms with Gasteiger partial charge in [0.2, 0.25) is 0 Å². The van der Waals surface area contributed by atoms with Gasteiger partial charge < -0.3 is 10.1 Å². The topological polar surface area (TPSA) is 21.3 Å². The molecule has 0 aliphatic heterocycles. The number of hydrogen-bond donors (Lipinski definition) is 1. The summed E-state index contributed by atoms with van der Waals surface area (Å²) >= 11 is 0. The minimum absolute atomic E-state index is 0.399. The van der Waals surface area contributed by atoms with E-state index in [1.807, 2.05) is 0 Å². The summed E-state index contributed by atoms with van der Waals surface area (Å²) in [6.07, 6.45) is 5.32. The van der Waals surface area contributed by atoms with Crippen LogP contribution in [0, 0.1) is 11.3 Å². The summed E-state index contributed by atoms with van der Waals surface area (Å²) in [6.45, 7) is 13.4. The van der Waals surface area contributed by atoms with Crippen molar-refractivity contribution in [2.24, 2.45) is 11.3 Å². The molecule has 104 valence electrons. The van der Waals surface area contributed by atoms with E-state index in [0.29, 0.717) is 17.4 Å². The summed E-state index contributed by atoms with van der Waals surface area (Å²) in [5.74, 6) is 0.626. The maximum atomic E-state index is 5.27. The van der Waals surface area contributed by atoms with Gasteiger partial charge in [0, 0.05) is 19.7 Å². The van der Waals surface area contributed by atoms with Crippen molar-refractivity contribution in [3.8, 4) is 0 Å². The van der Waals surface area contributed by atoms with Crippen molar-refractivity contribution in [3.63, 3.8) is 0 Å². The van der Waals surface area contributed by atoms with Crippen molar-refractivity contribution >= 4 is 0 Å². The second kappa shape index (κ2) is 8.93. The van der Waals surface area contributed by atoms with E-state index in [1.165, 1.54) is 25.7 Å². The highest BCUT2D eigenvalue weighted by Crippen LogP contribution is 2.23. The Morgan fingerprint density at radius 1 is 1.18 bits per heavy atom. The van der Waals surface area contributed by atoms with Crippen molar-refractivity contribution in [2.75, 3.05) is 20.3 Å². The fourth-order valence-corrected chi connectivity index (χ4v) is 2.02. The lowest BCUT2D eigenvalue weighted by Crippen LogP contribution is -2.42. The molecule has 1 N–H and O–H groups in total. The summed E-state index contributed by atoms with van der Waals surface area (Å²) in [7, 11) is 1.78. The second-order valence-corrected chi connectivity index (χ2v) is 6.31. The highest BCUT2D eigenvalue weighted by molar-refractivity contribution is 4.77. The van der Waals surface area contributed by atoms with Gasteiger partial charge in [0.1, 0.15) is 0 Å². The van der Waals surface area contributed by atoms with E-state index in [0.717, 1.165) is 13.2 Å². The molecular weight excluding hydrogens is 210 g/mol. The highest BCUT2D eigenvalue weighted by Gasteiger charge is 2.20. The molecule has 0 spiro atoms. The predicted octanol–water partition coefficient (Wildman–Crippen LogP) is 3.85. The zero-order chi connectivity index (χ0) is 13.3. The third kappa shape index (κ3) is 8.62. The molecule has 1 unspecified atom stereocenters. The maximum absolute atomic E-state index is 5.27. The quantitative estimate of drug-likeness (QED) is 0.588. The maximum Gasteiger partial charge on any atom is 0.0618 e.